The van der Waals surface area contributed by atoms with Gasteiger partial charge < -0.3 is 4.57 Å². The Morgan fingerprint density at radius 3 is 2.55 bits per heavy atom. The lowest BCUT2D eigenvalue weighted by Crippen LogP contribution is -2.48. The van der Waals surface area contributed by atoms with Gasteiger partial charge in [-0.3, -0.25) is 4.79 Å². The Bertz CT molecular complexity index is 646. The summed E-state index contributed by atoms with van der Waals surface area (Å²) in [6, 6.07) is 5.98. The molecule has 0 saturated heterocycles. The van der Waals surface area contributed by atoms with E-state index < -0.39 is 0 Å². The molecule has 1 amide bonds. The van der Waals surface area contributed by atoms with Gasteiger partial charge >= 0.3 is 0 Å². The maximum atomic E-state index is 12.6. The van der Waals surface area contributed by atoms with Crippen LogP contribution in [0.1, 0.15) is 22.8 Å². The number of hydrogen-bond donors (Lipinski definition) is 2. The molecule has 0 bridgehead atoms. The van der Waals surface area contributed by atoms with E-state index in [-0.39, 0.29) is 5.91 Å². The number of halogens is 1. The van der Waals surface area contributed by atoms with Crippen LogP contribution in [0.25, 0.3) is 10.9 Å². The van der Waals surface area contributed by atoms with E-state index >= 15 is 0 Å². The highest BCUT2D eigenvalue weighted by atomic mass is 35.5. The van der Waals surface area contributed by atoms with Gasteiger partial charge in [-0.1, -0.05) is 30.7 Å². The molecule has 0 saturated carbocycles. The lowest BCUT2D eigenvalue weighted by atomic mass is 10.0. The number of aryl methyl sites for hydroxylation is 2. The average molecular weight is 295 g/mol. The molecule has 0 aliphatic heterocycles. The highest BCUT2D eigenvalue weighted by Gasteiger charge is 2.25. The number of fused-ring (bicyclic) bond motifs is 1. The molecular formula is C14H19ClN4O. The van der Waals surface area contributed by atoms with E-state index in [1.54, 1.807) is 14.1 Å². The number of amides is 1. The van der Waals surface area contributed by atoms with Crippen LogP contribution < -0.4 is 10.9 Å². The van der Waals surface area contributed by atoms with Gasteiger partial charge in [-0.2, -0.15) is 0 Å². The van der Waals surface area contributed by atoms with E-state index in [9.17, 15) is 4.79 Å². The summed E-state index contributed by atoms with van der Waals surface area (Å²) in [5.41, 5.74) is 8.18. The molecule has 1 heterocycles. The number of aromatic nitrogens is 1. The summed E-state index contributed by atoms with van der Waals surface area (Å²) in [7, 11) is 5.21. The largest absolute Gasteiger partial charge is 0.334 e. The van der Waals surface area contributed by atoms with Crippen molar-refractivity contribution >= 4 is 28.4 Å². The molecule has 20 heavy (non-hydrogen) atoms. The van der Waals surface area contributed by atoms with Crippen molar-refractivity contribution in [3.05, 3.63) is 34.5 Å². The Balaban J connectivity index is 2.75. The smallest absolute Gasteiger partial charge is 0.286 e. The van der Waals surface area contributed by atoms with Gasteiger partial charge in [-0.15, -0.1) is 0 Å². The molecule has 0 atom stereocenters. The number of benzene rings is 1. The lowest BCUT2D eigenvalue weighted by Gasteiger charge is -2.19. The fourth-order valence-corrected chi connectivity index (χ4v) is 2.71. The number of nitrogens with zero attached hydrogens (tertiary/aromatic N) is 2. The summed E-state index contributed by atoms with van der Waals surface area (Å²) < 4.78 is 1.84. The molecule has 0 aliphatic rings. The zero-order valence-corrected chi connectivity index (χ0v) is 12.9. The quantitative estimate of drug-likeness (QED) is 0.849. The summed E-state index contributed by atoms with van der Waals surface area (Å²) in [5.74, 6) is -0.202. The van der Waals surface area contributed by atoms with Gasteiger partial charge in [-0.25, -0.2) is 16.0 Å². The maximum Gasteiger partial charge on any atom is 0.286 e. The summed E-state index contributed by atoms with van der Waals surface area (Å²) in [5, 5.41) is 2.68. The van der Waals surface area contributed by atoms with Crippen molar-refractivity contribution < 1.29 is 4.79 Å². The molecule has 0 unspecified atom stereocenters. The highest BCUT2D eigenvalue weighted by molar-refractivity contribution is 6.35. The number of hydrazine groups is 2. The minimum Gasteiger partial charge on any atom is -0.334 e. The van der Waals surface area contributed by atoms with Gasteiger partial charge in [0.1, 0.15) is 5.15 Å². The lowest BCUT2D eigenvalue weighted by molar-refractivity contribution is 0.0579. The van der Waals surface area contributed by atoms with Crippen LogP contribution in [-0.2, 0) is 13.5 Å². The molecule has 2 N–H and O–H groups in total. The number of carbonyl (C=O) groups excluding carboxylic acids is 1. The van der Waals surface area contributed by atoms with Crippen molar-refractivity contribution in [1.82, 2.24) is 20.5 Å². The third-order valence-corrected chi connectivity index (χ3v) is 3.93. The normalized spacial score (nSPS) is 11.1. The summed E-state index contributed by atoms with van der Waals surface area (Å²) >= 11 is 6.38. The average Bonchev–Trinajstić information content (AvgIpc) is 2.72. The van der Waals surface area contributed by atoms with Crippen LogP contribution in [0.15, 0.2) is 18.2 Å². The molecule has 6 heteroatoms. The monoisotopic (exact) mass is 294 g/mol. The summed E-state index contributed by atoms with van der Waals surface area (Å²) in [6.07, 6.45) is 0.844. The van der Waals surface area contributed by atoms with Crippen molar-refractivity contribution in [3.63, 3.8) is 0 Å². The number of rotatable bonds is 4. The molecule has 0 aliphatic carbocycles. The van der Waals surface area contributed by atoms with E-state index in [0.717, 1.165) is 22.9 Å². The molecule has 5 nitrogen and oxygen atoms in total. The van der Waals surface area contributed by atoms with Gasteiger partial charge in [0.05, 0.1) is 11.1 Å². The molecule has 1 aromatic carbocycles. The van der Waals surface area contributed by atoms with Crippen molar-refractivity contribution in [2.45, 2.75) is 13.3 Å². The van der Waals surface area contributed by atoms with Gasteiger partial charge in [0.2, 0.25) is 0 Å². The number of nitrogens with one attached hydrogen (secondary N) is 2. The summed E-state index contributed by atoms with van der Waals surface area (Å²) in [4.78, 5) is 12.6. The van der Waals surface area contributed by atoms with Gasteiger partial charge in [0.25, 0.3) is 5.91 Å². The minimum absolute atomic E-state index is 0.202. The molecule has 0 spiro atoms. The standard InChI is InChI=1S/C14H19ClN4O/c1-5-9-7-6-8-10-11(9)12(13(15)18(10)4)14(20)19(16-2)17-3/h6-8,16-17H,5H2,1-4H3. The SMILES string of the molecule is CCc1cccc2c1c(C(=O)N(NC)NC)c(Cl)n2C. The predicted molar refractivity (Wildman–Crippen MR) is 81.6 cm³/mol. The topological polar surface area (TPSA) is 49.3 Å². The van der Waals surface area contributed by atoms with Crippen LogP contribution in [0, 0.1) is 0 Å². The van der Waals surface area contributed by atoms with Crippen LogP contribution >= 0.6 is 11.6 Å². The second-order valence-corrected chi connectivity index (χ2v) is 4.84. The number of carbonyl (C=O) groups is 1. The van der Waals surface area contributed by atoms with E-state index in [2.05, 4.69) is 17.8 Å². The fraction of sp³-hybridized carbons (Fsp3) is 0.357. The third-order valence-electron chi connectivity index (χ3n) is 3.49. The zero-order valence-electron chi connectivity index (χ0n) is 12.1. The minimum atomic E-state index is -0.202. The first kappa shape index (κ1) is 14.8. The predicted octanol–water partition coefficient (Wildman–Crippen LogP) is 2.11. The van der Waals surface area contributed by atoms with Crippen LogP contribution in [0.5, 0.6) is 0 Å². The van der Waals surface area contributed by atoms with E-state index in [1.807, 2.05) is 29.8 Å². The molecule has 108 valence electrons. The van der Waals surface area contributed by atoms with Crippen LogP contribution in [0.2, 0.25) is 5.15 Å². The Kier molecular flexibility index (Phi) is 4.32. The highest BCUT2D eigenvalue weighted by Crippen LogP contribution is 2.32. The van der Waals surface area contributed by atoms with Gasteiger partial charge in [-0.05, 0) is 18.1 Å². The first-order chi connectivity index (χ1) is 9.56. The van der Waals surface area contributed by atoms with E-state index in [0.29, 0.717) is 10.7 Å². The Labute approximate surface area is 123 Å². The second-order valence-electron chi connectivity index (χ2n) is 4.48. The van der Waals surface area contributed by atoms with E-state index in [4.69, 9.17) is 11.6 Å². The molecular weight excluding hydrogens is 276 g/mol. The van der Waals surface area contributed by atoms with Crippen LogP contribution in [0.4, 0.5) is 0 Å². The van der Waals surface area contributed by atoms with Gasteiger partial charge in [0.15, 0.2) is 0 Å². The van der Waals surface area contributed by atoms with Crippen molar-refractivity contribution in [2.75, 3.05) is 14.1 Å². The van der Waals surface area contributed by atoms with Crippen molar-refractivity contribution in [1.29, 1.82) is 0 Å². The molecule has 0 fully saturated rings. The van der Waals surface area contributed by atoms with Crippen molar-refractivity contribution in [3.8, 4) is 0 Å². The van der Waals surface area contributed by atoms with E-state index in [1.165, 1.54) is 5.12 Å². The molecule has 1 aromatic heterocycles. The second kappa shape index (κ2) is 5.83. The zero-order chi connectivity index (χ0) is 14.9. The third kappa shape index (κ3) is 2.18. The summed E-state index contributed by atoms with van der Waals surface area (Å²) in [6.45, 7) is 2.07. The van der Waals surface area contributed by atoms with Crippen LogP contribution in [-0.4, -0.2) is 29.7 Å². The Morgan fingerprint density at radius 1 is 1.35 bits per heavy atom. The Morgan fingerprint density at radius 2 is 2.00 bits per heavy atom. The van der Waals surface area contributed by atoms with Crippen LogP contribution in [0.3, 0.4) is 0 Å². The number of hydrogen-bond acceptors (Lipinski definition) is 3. The molecule has 2 rings (SSSR count). The maximum absolute atomic E-state index is 12.6. The first-order valence-electron chi connectivity index (χ1n) is 6.51. The Hall–Kier alpha value is -1.56. The van der Waals surface area contributed by atoms with Crippen molar-refractivity contribution in [2.24, 2.45) is 7.05 Å². The first-order valence-corrected chi connectivity index (χ1v) is 6.89. The molecule has 2 aromatic rings. The van der Waals surface area contributed by atoms with Gasteiger partial charge in [0, 0.05) is 26.5 Å². The fourth-order valence-electron chi connectivity index (χ4n) is 2.45. The molecule has 0 radical (unpaired) electrons.